The van der Waals surface area contributed by atoms with Crippen LogP contribution in [0.15, 0.2) is 53.5 Å². The van der Waals surface area contributed by atoms with Gasteiger partial charge in [0.1, 0.15) is 23.9 Å². The Balaban J connectivity index is 1.51. The second-order valence-electron chi connectivity index (χ2n) is 10.4. The van der Waals surface area contributed by atoms with Crippen LogP contribution in [0.25, 0.3) is 0 Å². The van der Waals surface area contributed by atoms with E-state index in [0.29, 0.717) is 5.69 Å². The van der Waals surface area contributed by atoms with E-state index in [1.807, 2.05) is 0 Å². The molecule has 0 radical (unpaired) electrons. The highest BCUT2D eigenvalue weighted by Gasteiger charge is 2.33. The van der Waals surface area contributed by atoms with Crippen LogP contribution in [-0.2, 0) is 27.8 Å². The van der Waals surface area contributed by atoms with E-state index in [9.17, 15) is 14.0 Å². The van der Waals surface area contributed by atoms with Crippen LogP contribution in [0.4, 0.5) is 15.1 Å². The van der Waals surface area contributed by atoms with Crippen molar-refractivity contribution in [2.45, 2.75) is 51.9 Å². The van der Waals surface area contributed by atoms with E-state index in [-0.39, 0.29) is 36.1 Å². The molecule has 2 heterocycles. The normalized spacial score (nSPS) is 15.6. The summed E-state index contributed by atoms with van der Waals surface area (Å²) in [5, 5.41) is 3.58. The molecule has 5 nitrogen and oxygen atoms in total. The molecule has 2 amide bonds. The summed E-state index contributed by atoms with van der Waals surface area (Å²) >= 11 is 1.61. The van der Waals surface area contributed by atoms with Gasteiger partial charge in [0.25, 0.3) is 0 Å². The zero-order valence-electron chi connectivity index (χ0n) is 20.9. The molecule has 3 aromatic rings. The number of hydrogen-bond acceptors (Lipinski definition) is 4. The van der Waals surface area contributed by atoms with Gasteiger partial charge in [0, 0.05) is 21.7 Å². The molecule has 0 atom stereocenters. The molecule has 36 heavy (non-hydrogen) atoms. The minimum absolute atomic E-state index is 0.0175. The molecule has 1 N–H and O–H groups in total. The third-order valence-corrected chi connectivity index (χ3v) is 8.08. The molecule has 7 heteroatoms. The summed E-state index contributed by atoms with van der Waals surface area (Å²) in [5.41, 5.74) is 5.85. The number of aryl methyl sites for hydroxylation is 1. The molecule has 0 spiro atoms. The van der Waals surface area contributed by atoms with Gasteiger partial charge in [-0.2, -0.15) is 0 Å². The Hall–Kier alpha value is -3.32. The summed E-state index contributed by atoms with van der Waals surface area (Å²) in [6.07, 6.45) is 4.15. The number of anilines is 2. The van der Waals surface area contributed by atoms with E-state index < -0.39 is 0 Å². The SMILES string of the molecule is CC(C)(C)c1ccc(C2=NCC(=O)N(CC(=O)Nc3ccc(F)cc3)c3sc4c(c32)CCCC4)cc1. The van der Waals surface area contributed by atoms with Crippen LogP contribution in [0.5, 0.6) is 0 Å². The van der Waals surface area contributed by atoms with E-state index in [2.05, 4.69) is 50.4 Å². The molecular formula is C29H30FN3O2S. The maximum atomic E-state index is 13.3. The first-order chi connectivity index (χ1) is 17.2. The monoisotopic (exact) mass is 503 g/mol. The van der Waals surface area contributed by atoms with E-state index in [4.69, 9.17) is 4.99 Å². The van der Waals surface area contributed by atoms with Gasteiger partial charge in [-0.1, -0.05) is 45.0 Å². The summed E-state index contributed by atoms with van der Waals surface area (Å²) in [6.45, 7) is 6.43. The summed E-state index contributed by atoms with van der Waals surface area (Å²) in [5.74, 6) is -0.902. The predicted octanol–water partition coefficient (Wildman–Crippen LogP) is 5.89. The number of fused-ring (bicyclic) bond motifs is 3. The van der Waals surface area contributed by atoms with E-state index in [0.717, 1.165) is 47.5 Å². The van der Waals surface area contributed by atoms with Crippen LogP contribution in [-0.4, -0.2) is 30.6 Å². The quantitative estimate of drug-likeness (QED) is 0.483. The molecule has 0 saturated carbocycles. The lowest BCUT2D eigenvalue weighted by molar-refractivity contribution is -0.120. The molecule has 2 aromatic carbocycles. The number of thiophene rings is 1. The number of carbonyl (C=O) groups is 2. The molecule has 186 valence electrons. The maximum Gasteiger partial charge on any atom is 0.249 e. The van der Waals surface area contributed by atoms with E-state index in [1.54, 1.807) is 16.2 Å². The van der Waals surface area contributed by atoms with Crippen LogP contribution >= 0.6 is 11.3 Å². The standard InChI is InChI=1S/C29H30FN3O2S/c1-29(2,3)19-10-8-18(9-11-19)27-26-22-6-4-5-7-23(22)36-28(26)33(25(35)16-31-27)17-24(34)32-21-14-12-20(30)13-15-21/h8-15H,4-7,16-17H2,1-3H3,(H,32,34). The molecule has 0 bridgehead atoms. The topological polar surface area (TPSA) is 61.8 Å². The van der Waals surface area contributed by atoms with Crippen molar-refractivity contribution < 1.29 is 14.0 Å². The van der Waals surface area contributed by atoms with Gasteiger partial charge >= 0.3 is 0 Å². The Morgan fingerprint density at radius 2 is 1.75 bits per heavy atom. The first-order valence-electron chi connectivity index (χ1n) is 12.4. The van der Waals surface area contributed by atoms with Gasteiger partial charge in [0.05, 0.1) is 5.71 Å². The van der Waals surface area contributed by atoms with Crippen LogP contribution in [0.3, 0.4) is 0 Å². The van der Waals surface area contributed by atoms with E-state index >= 15 is 0 Å². The highest BCUT2D eigenvalue weighted by atomic mass is 32.1. The van der Waals surface area contributed by atoms with Crippen molar-refractivity contribution >= 4 is 39.6 Å². The molecule has 2 aliphatic rings. The van der Waals surface area contributed by atoms with Crippen molar-refractivity contribution in [3.05, 3.63) is 81.5 Å². The molecule has 0 saturated heterocycles. The minimum atomic E-state index is -0.371. The van der Waals surface area contributed by atoms with Gasteiger partial charge in [-0.25, -0.2) is 4.39 Å². The Morgan fingerprint density at radius 1 is 1.06 bits per heavy atom. The lowest BCUT2D eigenvalue weighted by Crippen LogP contribution is -2.38. The van der Waals surface area contributed by atoms with Crippen molar-refractivity contribution in [3.63, 3.8) is 0 Å². The number of halogens is 1. The van der Waals surface area contributed by atoms with Crippen LogP contribution in [0.2, 0.25) is 0 Å². The number of rotatable bonds is 4. The maximum absolute atomic E-state index is 13.3. The lowest BCUT2D eigenvalue weighted by Gasteiger charge is -2.21. The zero-order chi connectivity index (χ0) is 25.4. The number of carbonyl (C=O) groups excluding carboxylic acids is 2. The van der Waals surface area contributed by atoms with Gasteiger partial charge in [-0.05, 0) is 66.5 Å². The Morgan fingerprint density at radius 3 is 2.44 bits per heavy atom. The van der Waals surface area contributed by atoms with Crippen LogP contribution in [0.1, 0.15) is 60.7 Å². The number of aliphatic imine (C=N–C) groups is 1. The fourth-order valence-corrected chi connectivity index (χ4v) is 6.22. The Kier molecular flexibility index (Phi) is 6.51. The first-order valence-corrected chi connectivity index (χ1v) is 13.2. The Bertz CT molecular complexity index is 1330. The van der Waals surface area contributed by atoms with Gasteiger partial charge in [-0.15, -0.1) is 11.3 Å². The highest BCUT2D eigenvalue weighted by molar-refractivity contribution is 7.17. The lowest BCUT2D eigenvalue weighted by atomic mass is 9.85. The molecular weight excluding hydrogens is 473 g/mol. The number of nitrogens with zero attached hydrogens (tertiary/aromatic N) is 2. The van der Waals surface area contributed by atoms with Gasteiger partial charge in [-0.3, -0.25) is 19.5 Å². The fraction of sp³-hybridized carbons (Fsp3) is 0.345. The number of benzene rings is 2. The van der Waals surface area contributed by atoms with Crippen molar-refractivity contribution in [3.8, 4) is 0 Å². The summed E-state index contributed by atoms with van der Waals surface area (Å²) in [4.78, 5) is 33.9. The third kappa shape index (κ3) is 4.85. The van der Waals surface area contributed by atoms with Crippen molar-refractivity contribution in [2.24, 2.45) is 4.99 Å². The average molecular weight is 504 g/mol. The van der Waals surface area contributed by atoms with Gasteiger partial charge in [0.15, 0.2) is 0 Å². The molecule has 1 aromatic heterocycles. The van der Waals surface area contributed by atoms with Gasteiger partial charge in [0.2, 0.25) is 11.8 Å². The van der Waals surface area contributed by atoms with Crippen LogP contribution in [0, 0.1) is 5.82 Å². The van der Waals surface area contributed by atoms with Crippen molar-refractivity contribution in [2.75, 3.05) is 23.3 Å². The van der Waals surface area contributed by atoms with Gasteiger partial charge < -0.3 is 5.32 Å². The van der Waals surface area contributed by atoms with Crippen LogP contribution < -0.4 is 10.2 Å². The molecule has 5 rings (SSSR count). The van der Waals surface area contributed by atoms with Crippen molar-refractivity contribution in [1.82, 2.24) is 0 Å². The number of hydrogen-bond donors (Lipinski definition) is 1. The Labute approximate surface area is 215 Å². The number of nitrogens with one attached hydrogen (secondary N) is 1. The largest absolute Gasteiger partial charge is 0.325 e. The second-order valence-corrected chi connectivity index (χ2v) is 11.5. The fourth-order valence-electron chi connectivity index (χ4n) is 4.81. The van der Waals surface area contributed by atoms with Crippen molar-refractivity contribution in [1.29, 1.82) is 0 Å². The van der Waals surface area contributed by atoms with E-state index in [1.165, 1.54) is 40.3 Å². The summed E-state index contributed by atoms with van der Waals surface area (Å²) in [6, 6.07) is 14.1. The average Bonchev–Trinajstić information content (AvgIpc) is 3.17. The summed E-state index contributed by atoms with van der Waals surface area (Å²) < 4.78 is 13.3. The molecule has 0 fully saturated rings. The zero-order valence-corrected chi connectivity index (χ0v) is 21.7. The molecule has 1 aliphatic heterocycles. The second kappa shape index (κ2) is 9.62. The smallest absolute Gasteiger partial charge is 0.249 e. The third-order valence-electron chi connectivity index (χ3n) is 6.76. The minimum Gasteiger partial charge on any atom is -0.325 e. The predicted molar refractivity (Wildman–Crippen MR) is 144 cm³/mol. The summed E-state index contributed by atoms with van der Waals surface area (Å²) in [7, 11) is 0. The number of amides is 2. The molecule has 0 unspecified atom stereocenters. The first kappa shape index (κ1) is 24.4. The molecule has 1 aliphatic carbocycles. The highest BCUT2D eigenvalue weighted by Crippen LogP contribution is 2.42.